The highest BCUT2D eigenvalue weighted by Crippen LogP contribution is 2.29. The lowest BCUT2D eigenvalue weighted by Gasteiger charge is -2.16. The molecule has 1 unspecified atom stereocenters. The molecule has 0 amide bonds. The molecule has 1 atom stereocenters. The number of nitrogens with zero attached hydrogens (tertiary/aromatic N) is 1. The van der Waals surface area contributed by atoms with Gasteiger partial charge in [0.15, 0.2) is 11.6 Å². The number of benzene rings is 1. The van der Waals surface area contributed by atoms with Crippen LogP contribution >= 0.6 is 0 Å². The Morgan fingerprint density at radius 3 is 2.48 bits per heavy atom. The van der Waals surface area contributed by atoms with E-state index in [4.69, 9.17) is 4.42 Å². The number of furan rings is 1. The number of nitrogens with one attached hydrogen (secondary N) is 1. The molecule has 0 radical (unpaired) electrons. The van der Waals surface area contributed by atoms with E-state index < -0.39 is 34.3 Å². The highest BCUT2D eigenvalue weighted by molar-refractivity contribution is 5.31. The van der Waals surface area contributed by atoms with Gasteiger partial charge in [0.05, 0.1) is 12.1 Å². The van der Waals surface area contributed by atoms with E-state index in [9.17, 15) is 23.3 Å². The Hall–Kier alpha value is -2.35. The summed E-state index contributed by atoms with van der Waals surface area (Å²) in [6.07, 6.45) is 0. The first kappa shape index (κ1) is 15.0. The minimum absolute atomic E-state index is 0.0356. The van der Waals surface area contributed by atoms with Crippen LogP contribution in [0.1, 0.15) is 24.3 Å². The van der Waals surface area contributed by atoms with Crippen molar-refractivity contribution in [2.45, 2.75) is 13.0 Å². The van der Waals surface area contributed by atoms with E-state index in [1.807, 2.05) is 0 Å². The summed E-state index contributed by atoms with van der Waals surface area (Å²) in [4.78, 5) is 9.86. The monoisotopic (exact) mass is 300 g/mol. The molecule has 0 saturated carbocycles. The molecular weight excluding hydrogens is 289 g/mol. The van der Waals surface area contributed by atoms with Gasteiger partial charge in [0.25, 0.3) is 0 Å². The predicted octanol–water partition coefficient (Wildman–Crippen LogP) is 3.30. The summed E-state index contributed by atoms with van der Waals surface area (Å²) in [5.74, 6) is -3.98. The fraction of sp³-hybridized carbons (Fsp3) is 0.231. The van der Waals surface area contributed by atoms with Crippen molar-refractivity contribution in [3.8, 4) is 0 Å². The molecular formula is C13H11F3N2O3. The molecule has 8 heteroatoms. The summed E-state index contributed by atoms with van der Waals surface area (Å²) in [5.41, 5.74) is -0.194. The minimum Gasteiger partial charge on any atom is -0.404 e. The molecule has 21 heavy (non-hydrogen) atoms. The minimum atomic E-state index is -1.31. The summed E-state index contributed by atoms with van der Waals surface area (Å²) in [7, 11) is 0. The van der Waals surface area contributed by atoms with Crippen LogP contribution in [0.2, 0.25) is 0 Å². The highest BCUT2D eigenvalue weighted by Gasteiger charge is 2.24. The van der Waals surface area contributed by atoms with E-state index in [-0.39, 0.29) is 11.3 Å². The average molecular weight is 300 g/mol. The summed E-state index contributed by atoms with van der Waals surface area (Å²) in [6.45, 7) is 2.07. The molecule has 0 aliphatic rings. The normalized spacial score (nSPS) is 12.4. The summed E-state index contributed by atoms with van der Waals surface area (Å²) >= 11 is 0. The first-order chi connectivity index (χ1) is 9.93. The largest absolute Gasteiger partial charge is 0.433 e. The van der Waals surface area contributed by atoms with Crippen molar-refractivity contribution in [3.63, 3.8) is 0 Å². The second-order valence-corrected chi connectivity index (χ2v) is 4.21. The predicted molar refractivity (Wildman–Crippen MR) is 67.2 cm³/mol. The van der Waals surface area contributed by atoms with E-state index in [0.29, 0.717) is 18.7 Å². The Kier molecular flexibility index (Phi) is 4.27. The van der Waals surface area contributed by atoms with Gasteiger partial charge in [0.2, 0.25) is 0 Å². The molecule has 0 bridgehead atoms. The van der Waals surface area contributed by atoms with Crippen LogP contribution in [0, 0.1) is 27.6 Å². The quantitative estimate of drug-likeness (QED) is 0.522. The highest BCUT2D eigenvalue weighted by atomic mass is 19.2. The fourth-order valence-corrected chi connectivity index (χ4v) is 1.92. The van der Waals surface area contributed by atoms with Gasteiger partial charge in [-0.25, -0.2) is 13.2 Å². The maximum absolute atomic E-state index is 13.8. The first-order valence-electron chi connectivity index (χ1n) is 6.06. The molecule has 0 aliphatic carbocycles. The lowest BCUT2D eigenvalue weighted by Crippen LogP contribution is -2.23. The number of nitro groups is 1. The summed E-state index contributed by atoms with van der Waals surface area (Å²) in [6, 6.07) is 2.56. The van der Waals surface area contributed by atoms with E-state index >= 15 is 0 Å². The van der Waals surface area contributed by atoms with Crippen molar-refractivity contribution in [2.24, 2.45) is 0 Å². The zero-order valence-electron chi connectivity index (χ0n) is 10.9. The van der Waals surface area contributed by atoms with E-state index in [1.165, 1.54) is 6.07 Å². The Morgan fingerprint density at radius 1 is 1.24 bits per heavy atom. The van der Waals surface area contributed by atoms with E-state index in [1.54, 1.807) is 6.92 Å². The lowest BCUT2D eigenvalue weighted by molar-refractivity contribution is -0.402. The molecule has 1 aromatic carbocycles. The van der Waals surface area contributed by atoms with Crippen LogP contribution in [-0.2, 0) is 0 Å². The van der Waals surface area contributed by atoms with Crippen molar-refractivity contribution in [1.82, 2.24) is 5.32 Å². The molecule has 0 fully saturated rings. The van der Waals surface area contributed by atoms with Gasteiger partial charge in [-0.1, -0.05) is 6.92 Å². The van der Waals surface area contributed by atoms with Crippen molar-refractivity contribution < 1.29 is 22.5 Å². The molecule has 1 heterocycles. The van der Waals surface area contributed by atoms with Gasteiger partial charge in [-0.15, -0.1) is 0 Å². The Morgan fingerprint density at radius 2 is 1.90 bits per heavy atom. The van der Waals surface area contributed by atoms with Crippen molar-refractivity contribution in [3.05, 3.63) is 63.2 Å². The van der Waals surface area contributed by atoms with Gasteiger partial charge >= 0.3 is 5.88 Å². The van der Waals surface area contributed by atoms with Gasteiger partial charge in [0.1, 0.15) is 16.5 Å². The number of hydrogen-bond acceptors (Lipinski definition) is 4. The summed E-state index contributed by atoms with van der Waals surface area (Å²) in [5, 5.41) is 13.4. The fourth-order valence-electron chi connectivity index (χ4n) is 1.92. The van der Waals surface area contributed by atoms with Crippen LogP contribution in [0.3, 0.4) is 0 Å². The van der Waals surface area contributed by atoms with Gasteiger partial charge in [-0.3, -0.25) is 10.1 Å². The van der Waals surface area contributed by atoms with Crippen molar-refractivity contribution >= 4 is 5.88 Å². The topological polar surface area (TPSA) is 68.3 Å². The first-order valence-corrected chi connectivity index (χ1v) is 6.06. The Balaban J connectivity index is 2.47. The third kappa shape index (κ3) is 3.05. The second kappa shape index (κ2) is 5.96. The average Bonchev–Trinajstić information content (AvgIpc) is 2.90. The van der Waals surface area contributed by atoms with Crippen LogP contribution in [-0.4, -0.2) is 11.5 Å². The van der Waals surface area contributed by atoms with Crippen LogP contribution in [0.4, 0.5) is 19.1 Å². The Labute approximate surface area is 117 Å². The van der Waals surface area contributed by atoms with Gasteiger partial charge in [-0.2, -0.15) is 0 Å². The molecule has 1 N–H and O–H groups in total. The molecule has 0 aliphatic heterocycles. The Bertz CT molecular complexity index is 673. The van der Waals surface area contributed by atoms with Gasteiger partial charge in [-0.05, 0) is 18.7 Å². The maximum atomic E-state index is 13.8. The third-order valence-corrected chi connectivity index (χ3v) is 2.84. The van der Waals surface area contributed by atoms with Crippen LogP contribution < -0.4 is 5.32 Å². The maximum Gasteiger partial charge on any atom is 0.433 e. The second-order valence-electron chi connectivity index (χ2n) is 4.21. The van der Waals surface area contributed by atoms with Crippen LogP contribution in [0.25, 0.3) is 0 Å². The molecule has 2 aromatic rings. The molecule has 112 valence electrons. The van der Waals surface area contributed by atoms with Crippen LogP contribution in [0.15, 0.2) is 28.7 Å². The molecule has 2 rings (SSSR count). The number of rotatable bonds is 5. The van der Waals surface area contributed by atoms with E-state index in [2.05, 4.69) is 5.32 Å². The van der Waals surface area contributed by atoms with E-state index in [0.717, 1.165) is 6.07 Å². The molecule has 1 aromatic heterocycles. The number of hydrogen-bond donors (Lipinski definition) is 1. The third-order valence-electron chi connectivity index (χ3n) is 2.84. The summed E-state index contributed by atoms with van der Waals surface area (Å²) < 4.78 is 45.1. The van der Waals surface area contributed by atoms with Gasteiger partial charge < -0.3 is 9.73 Å². The van der Waals surface area contributed by atoms with Crippen LogP contribution in [0.5, 0.6) is 0 Å². The van der Waals surface area contributed by atoms with Gasteiger partial charge in [0, 0.05) is 11.6 Å². The zero-order valence-corrected chi connectivity index (χ0v) is 10.9. The van der Waals surface area contributed by atoms with Crippen molar-refractivity contribution in [2.75, 3.05) is 6.54 Å². The van der Waals surface area contributed by atoms with Crippen molar-refractivity contribution in [1.29, 1.82) is 0 Å². The molecule has 0 spiro atoms. The molecule has 5 nitrogen and oxygen atoms in total. The zero-order chi connectivity index (χ0) is 15.6. The molecule has 0 saturated heterocycles. The standard InChI is InChI=1S/C13H11F3N2O3/c1-2-17-13(11-3-4-12(21-11)18(19)20)7-5-9(15)10(16)6-8(7)14/h3-6,13,17H,2H2,1H3. The lowest BCUT2D eigenvalue weighted by atomic mass is 10.0. The smallest absolute Gasteiger partial charge is 0.404 e. The number of halogens is 3. The SMILES string of the molecule is CCNC(c1ccc([N+](=O)[O-])o1)c1cc(F)c(F)cc1F.